The maximum Gasteiger partial charge on any atom is 0.263 e. The van der Waals surface area contributed by atoms with E-state index in [4.69, 9.17) is 5.11 Å². The standard InChI is InChI=1S/C19H20F2O.C2H2F2.C2H6/c1-12-2-4-13(5-3-12)14-6-8-15(9-7-14)16-10-17(20)19(22)18(21)11-16;1-2(3)4;1-2/h6-13,22H,2-5H2,1H3;1H2;1-2H3. The molecule has 1 saturated carbocycles. The summed E-state index contributed by atoms with van der Waals surface area (Å²) in [6.07, 6.45) is 3.12. The van der Waals surface area contributed by atoms with Gasteiger partial charge in [0.25, 0.3) is 6.08 Å². The molecular weight excluding hydrogens is 368 g/mol. The largest absolute Gasteiger partial charge is 0.503 e. The van der Waals surface area contributed by atoms with Crippen molar-refractivity contribution in [1.29, 1.82) is 0 Å². The molecule has 0 unspecified atom stereocenters. The van der Waals surface area contributed by atoms with Crippen molar-refractivity contribution in [3.8, 4) is 16.9 Å². The van der Waals surface area contributed by atoms with Gasteiger partial charge in [-0.25, -0.2) is 8.78 Å². The van der Waals surface area contributed by atoms with Crippen LogP contribution in [0, 0.1) is 17.6 Å². The summed E-state index contributed by atoms with van der Waals surface area (Å²) < 4.78 is 47.2. The van der Waals surface area contributed by atoms with Gasteiger partial charge in [-0.1, -0.05) is 57.9 Å². The number of aromatic hydroxyl groups is 1. The van der Waals surface area contributed by atoms with Crippen LogP contribution in [-0.4, -0.2) is 5.11 Å². The monoisotopic (exact) mass is 396 g/mol. The Balaban J connectivity index is 0.000000583. The summed E-state index contributed by atoms with van der Waals surface area (Å²) in [5, 5.41) is 9.16. The van der Waals surface area contributed by atoms with Crippen LogP contribution in [0.1, 0.15) is 57.9 Å². The second-order valence-corrected chi connectivity index (χ2v) is 6.71. The summed E-state index contributed by atoms with van der Waals surface area (Å²) in [5.74, 6) is -1.37. The molecule has 1 fully saturated rings. The minimum atomic E-state index is -1.83. The zero-order chi connectivity index (χ0) is 21.3. The van der Waals surface area contributed by atoms with Gasteiger partial charge in [0.15, 0.2) is 17.4 Å². The lowest BCUT2D eigenvalue weighted by molar-refractivity contribution is 0.348. The van der Waals surface area contributed by atoms with Gasteiger partial charge in [0.1, 0.15) is 0 Å². The van der Waals surface area contributed by atoms with Crippen LogP contribution in [0.4, 0.5) is 17.6 Å². The van der Waals surface area contributed by atoms with E-state index in [1.54, 1.807) is 0 Å². The molecule has 2 aromatic carbocycles. The summed E-state index contributed by atoms with van der Waals surface area (Å²) in [7, 11) is 0. The van der Waals surface area contributed by atoms with Crippen LogP contribution in [0.15, 0.2) is 49.1 Å². The Morgan fingerprint density at radius 1 is 0.893 bits per heavy atom. The smallest absolute Gasteiger partial charge is 0.263 e. The molecule has 0 heterocycles. The molecule has 1 aliphatic rings. The van der Waals surface area contributed by atoms with E-state index in [1.165, 1.54) is 31.2 Å². The van der Waals surface area contributed by atoms with Crippen LogP contribution in [-0.2, 0) is 0 Å². The van der Waals surface area contributed by atoms with Gasteiger partial charge in [0, 0.05) is 0 Å². The molecule has 1 nitrogen and oxygen atoms in total. The number of benzene rings is 2. The number of phenolic OH excluding ortho intramolecular Hbond substituents is 1. The van der Waals surface area contributed by atoms with Crippen molar-refractivity contribution in [2.24, 2.45) is 5.92 Å². The van der Waals surface area contributed by atoms with Crippen molar-refractivity contribution in [1.82, 2.24) is 0 Å². The molecule has 0 aromatic heterocycles. The Morgan fingerprint density at radius 3 is 1.75 bits per heavy atom. The van der Waals surface area contributed by atoms with E-state index in [0.717, 1.165) is 23.6 Å². The van der Waals surface area contributed by atoms with Crippen LogP contribution in [0.5, 0.6) is 5.75 Å². The van der Waals surface area contributed by atoms with Crippen LogP contribution in [0.25, 0.3) is 11.1 Å². The number of phenols is 1. The third-order valence-corrected chi connectivity index (χ3v) is 4.75. The van der Waals surface area contributed by atoms with Gasteiger partial charge >= 0.3 is 0 Å². The molecule has 1 N–H and O–H groups in total. The molecule has 28 heavy (non-hydrogen) atoms. The average Bonchev–Trinajstić information content (AvgIpc) is 2.68. The fourth-order valence-electron chi connectivity index (χ4n) is 3.27. The highest BCUT2D eigenvalue weighted by Gasteiger charge is 2.19. The van der Waals surface area contributed by atoms with Crippen LogP contribution >= 0.6 is 0 Å². The first-order chi connectivity index (χ1) is 13.3. The predicted octanol–water partition coefficient (Wildman–Crippen LogP) is 8.05. The zero-order valence-electron chi connectivity index (χ0n) is 16.6. The molecule has 0 radical (unpaired) electrons. The number of hydrogen-bond acceptors (Lipinski definition) is 1. The molecule has 0 atom stereocenters. The summed E-state index contributed by atoms with van der Waals surface area (Å²) in [5.41, 5.74) is 2.50. The maximum atomic E-state index is 13.4. The van der Waals surface area contributed by atoms with Crippen molar-refractivity contribution in [3.63, 3.8) is 0 Å². The predicted molar refractivity (Wildman–Crippen MR) is 107 cm³/mol. The van der Waals surface area contributed by atoms with E-state index < -0.39 is 23.5 Å². The van der Waals surface area contributed by atoms with Crippen molar-refractivity contribution in [2.75, 3.05) is 0 Å². The first-order valence-electron chi connectivity index (χ1n) is 9.56. The van der Waals surface area contributed by atoms with E-state index in [1.807, 2.05) is 26.0 Å². The third kappa shape index (κ3) is 7.02. The van der Waals surface area contributed by atoms with Gasteiger partial charge < -0.3 is 5.11 Å². The lowest BCUT2D eigenvalue weighted by Gasteiger charge is -2.26. The minimum absolute atomic E-state index is 0.441. The second kappa shape index (κ2) is 11.5. The van der Waals surface area contributed by atoms with Gasteiger partial charge in [-0.2, -0.15) is 8.78 Å². The summed E-state index contributed by atoms with van der Waals surface area (Å²) in [6, 6.07) is 10.2. The molecule has 3 rings (SSSR count). The maximum absolute atomic E-state index is 13.4. The van der Waals surface area contributed by atoms with Crippen LogP contribution in [0.2, 0.25) is 0 Å². The fraction of sp³-hybridized carbons (Fsp3) is 0.391. The van der Waals surface area contributed by atoms with E-state index in [-0.39, 0.29) is 0 Å². The number of hydrogen-bond donors (Lipinski definition) is 1. The molecule has 5 heteroatoms. The molecule has 154 valence electrons. The highest BCUT2D eigenvalue weighted by molar-refractivity contribution is 5.65. The van der Waals surface area contributed by atoms with Crippen molar-refractivity contribution in [3.05, 3.63) is 66.3 Å². The Hall–Kier alpha value is -2.30. The highest BCUT2D eigenvalue weighted by atomic mass is 19.3. The minimum Gasteiger partial charge on any atom is -0.503 e. The van der Waals surface area contributed by atoms with Crippen molar-refractivity contribution in [2.45, 2.75) is 52.4 Å². The Morgan fingerprint density at radius 2 is 1.32 bits per heavy atom. The molecule has 0 spiro atoms. The SMILES string of the molecule is C=C(F)F.CC.CC1CCC(c2ccc(-c3cc(F)c(O)c(F)c3)cc2)CC1. The molecule has 0 saturated heterocycles. The summed E-state index contributed by atoms with van der Waals surface area (Å²) >= 11 is 0. The Labute approximate surface area is 164 Å². The third-order valence-electron chi connectivity index (χ3n) is 4.75. The Kier molecular flexibility index (Phi) is 9.77. The molecular formula is C23H28F4O. The topological polar surface area (TPSA) is 20.2 Å². The van der Waals surface area contributed by atoms with Crippen LogP contribution < -0.4 is 0 Å². The van der Waals surface area contributed by atoms with Gasteiger partial charge in [-0.3, -0.25) is 0 Å². The van der Waals surface area contributed by atoms with E-state index in [2.05, 4.69) is 25.6 Å². The molecule has 0 bridgehead atoms. The normalized spacial score (nSPS) is 18.2. The summed E-state index contributed by atoms with van der Waals surface area (Å²) in [4.78, 5) is 0. The van der Waals surface area contributed by atoms with Crippen molar-refractivity contribution >= 4 is 0 Å². The first kappa shape index (κ1) is 23.7. The lowest BCUT2D eigenvalue weighted by atomic mass is 9.79. The quantitative estimate of drug-likeness (QED) is 0.509. The number of rotatable bonds is 2. The highest BCUT2D eigenvalue weighted by Crippen LogP contribution is 2.36. The fourth-order valence-corrected chi connectivity index (χ4v) is 3.27. The lowest BCUT2D eigenvalue weighted by Crippen LogP contribution is -2.10. The second-order valence-electron chi connectivity index (χ2n) is 6.71. The van der Waals surface area contributed by atoms with Gasteiger partial charge in [0.2, 0.25) is 0 Å². The number of halogens is 4. The van der Waals surface area contributed by atoms with Gasteiger partial charge in [-0.15, -0.1) is 0 Å². The van der Waals surface area contributed by atoms with E-state index in [9.17, 15) is 17.6 Å². The Bertz CT molecular complexity index is 721. The van der Waals surface area contributed by atoms with Gasteiger partial charge in [-0.05, 0) is 60.1 Å². The van der Waals surface area contributed by atoms with E-state index in [0.29, 0.717) is 11.5 Å². The molecule has 0 aliphatic heterocycles. The first-order valence-corrected chi connectivity index (χ1v) is 9.56. The molecule has 1 aliphatic carbocycles. The average molecular weight is 396 g/mol. The summed E-state index contributed by atoms with van der Waals surface area (Å²) in [6.45, 7) is 8.52. The van der Waals surface area contributed by atoms with E-state index >= 15 is 0 Å². The molecule has 2 aromatic rings. The zero-order valence-corrected chi connectivity index (χ0v) is 16.6. The van der Waals surface area contributed by atoms with Crippen LogP contribution in [0.3, 0.4) is 0 Å². The van der Waals surface area contributed by atoms with Gasteiger partial charge in [0.05, 0.1) is 0 Å². The molecule has 0 amide bonds. The van der Waals surface area contributed by atoms with Crippen molar-refractivity contribution < 1.29 is 22.7 Å².